The molecule has 1 fully saturated rings. The van der Waals surface area contributed by atoms with Gasteiger partial charge in [-0.1, -0.05) is 23.7 Å². The Morgan fingerprint density at radius 3 is 2.76 bits per heavy atom. The molecule has 1 aromatic rings. The third-order valence-corrected chi connectivity index (χ3v) is 3.17. The van der Waals surface area contributed by atoms with Gasteiger partial charge in [0, 0.05) is 17.9 Å². The van der Waals surface area contributed by atoms with Crippen LogP contribution < -0.4 is 0 Å². The second-order valence-electron chi connectivity index (χ2n) is 4.36. The van der Waals surface area contributed by atoms with Crippen molar-refractivity contribution in [3.05, 3.63) is 34.3 Å². The summed E-state index contributed by atoms with van der Waals surface area (Å²) in [5, 5.41) is 10.6. The van der Waals surface area contributed by atoms with Crippen molar-refractivity contribution in [1.82, 2.24) is 0 Å². The van der Waals surface area contributed by atoms with Gasteiger partial charge in [-0.05, 0) is 24.1 Å². The number of aliphatic hydroxyl groups excluding tert-OH is 1. The highest BCUT2D eigenvalue weighted by molar-refractivity contribution is 6.31. The van der Waals surface area contributed by atoms with Crippen LogP contribution in [-0.4, -0.2) is 30.7 Å². The van der Waals surface area contributed by atoms with Crippen molar-refractivity contribution in [1.29, 1.82) is 0 Å². The predicted molar refractivity (Wildman–Crippen MR) is 66.2 cm³/mol. The second kappa shape index (κ2) is 5.83. The quantitative estimate of drug-likeness (QED) is 0.899. The summed E-state index contributed by atoms with van der Waals surface area (Å²) in [4.78, 5) is 0. The largest absolute Gasteiger partial charge is 0.393 e. The highest BCUT2D eigenvalue weighted by atomic mass is 35.5. The van der Waals surface area contributed by atoms with Crippen LogP contribution in [0.1, 0.15) is 17.5 Å². The summed E-state index contributed by atoms with van der Waals surface area (Å²) in [7, 11) is 0. The van der Waals surface area contributed by atoms with Crippen LogP contribution in [0.2, 0.25) is 5.02 Å². The second-order valence-corrected chi connectivity index (χ2v) is 4.77. The van der Waals surface area contributed by atoms with Crippen molar-refractivity contribution in [2.75, 3.05) is 13.2 Å². The number of rotatable bonds is 4. The number of hydrogen-bond acceptors (Lipinski definition) is 3. The molecule has 17 heavy (non-hydrogen) atoms. The SMILES string of the molecule is Cc1ccc(CC(O)CC2OCCO2)c(Cl)c1. The molecule has 1 saturated heterocycles. The van der Waals surface area contributed by atoms with E-state index in [4.69, 9.17) is 21.1 Å². The van der Waals surface area contributed by atoms with Crippen LogP contribution in [0.25, 0.3) is 0 Å². The van der Waals surface area contributed by atoms with Crippen molar-refractivity contribution < 1.29 is 14.6 Å². The van der Waals surface area contributed by atoms with Crippen LogP contribution in [0.15, 0.2) is 18.2 Å². The summed E-state index contributed by atoms with van der Waals surface area (Å²) in [6.07, 6.45) is 0.263. The van der Waals surface area contributed by atoms with Gasteiger partial charge in [-0.2, -0.15) is 0 Å². The fourth-order valence-corrected chi connectivity index (χ4v) is 2.23. The minimum absolute atomic E-state index is 0.269. The zero-order valence-corrected chi connectivity index (χ0v) is 10.6. The molecule has 0 aromatic heterocycles. The normalized spacial score (nSPS) is 18.5. The average Bonchev–Trinajstić information content (AvgIpc) is 2.75. The molecule has 1 aliphatic heterocycles. The van der Waals surface area contributed by atoms with Crippen molar-refractivity contribution in [3.8, 4) is 0 Å². The van der Waals surface area contributed by atoms with Crippen LogP contribution in [0.4, 0.5) is 0 Å². The zero-order chi connectivity index (χ0) is 12.3. The lowest BCUT2D eigenvalue weighted by Gasteiger charge is -2.15. The van der Waals surface area contributed by atoms with E-state index in [-0.39, 0.29) is 6.29 Å². The molecule has 0 spiro atoms. The van der Waals surface area contributed by atoms with Crippen LogP contribution in [0.3, 0.4) is 0 Å². The molecule has 1 aliphatic rings. The molecule has 94 valence electrons. The van der Waals surface area contributed by atoms with Gasteiger partial charge in [-0.25, -0.2) is 0 Å². The Bertz CT molecular complexity index is 375. The van der Waals surface area contributed by atoms with Gasteiger partial charge < -0.3 is 14.6 Å². The van der Waals surface area contributed by atoms with E-state index in [1.165, 1.54) is 0 Å². The van der Waals surface area contributed by atoms with Crippen molar-refractivity contribution in [2.24, 2.45) is 0 Å². The molecule has 0 aliphatic carbocycles. The molecule has 0 saturated carbocycles. The smallest absolute Gasteiger partial charge is 0.160 e. The predicted octanol–water partition coefficient (Wildman–Crippen LogP) is 2.31. The van der Waals surface area contributed by atoms with E-state index >= 15 is 0 Å². The number of ether oxygens (including phenoxy) is 2. The van der Waals surface area contributed by atoms with Crippen molar-refractivity contribution >= 4 is 11.6 Å². The summed E-state index contributed by atoms with van der Waals surface area (Å²) >= 11 is 6.12. The number of halogens is 1. The van der Waals surface area contributed by atoms with Crippen LogP contribution >= 0.6 is 11.6 Å². The Kier molecular flexibility index (Phi) is 4.40. The van der Waals surface area contributed by atoms with E-state index < -0.39 is 6.10 Å². The van der Waals surface area contributed by atoms with E-state index in [1.807, 2.05) is 25.1 Å². The Morgan fingerprint density at radius 2 is 2.12 bits per heavy atom. The topological polar surface area (TPSA) is 38.7 Å². The number of hydrogen-bond donors (Lipinski definition) is 1. The zero-order valence-electron chi connectivity index (χ0n) is 9.86. The molecule has 0 bridgehead atoms. The fraction of sp³-hybridized carbons (Fsp3) is 0.538. The molecular weight excluding hydrogens is 240 g/mol. The van der Waals surface area contributed by atoms with Gasteiger partial charge in [0.25, 0.3) is 0 Å². The lowest BCUT2D eigenvalue weighted by atomic mass is 10.0. The summed E-state index contributed by atoms with van der Waals surface area (Å²) in [6, 6.07) is 5.86. The van der Waals surface area contributed by atoms with Crippen LogP contribution in [0, 0.1) is 6.92 Å². The van der Waals surface area contributed by atoms with E-state index in [2.05, 4.69) is 0 Å². The first-order valence-electron chi connectivity index (χ1n) is 5.81. The summed E-state index contributed by atoms with van der Waals surface area (Å²) < 4.78 is 10.6. The van der Waals surface area contributed by atoms with Crippen molar-refractivity contribution in [3.63, 3.8) is 0 Å². The first-order chi connectivity index (χ1) is 8.15. The fourth-order valence-electron chi connectivity index (χ4n) is 1.92. The first-order valence-corrected chi connectivity index (χ1v) is 6.19. The van der Waals surface area contributed by atoms with Gasteiger partial charge in [0.2, 0.25) is 0 Å². The van der Waals surface area contributed by atoms with Gasteiger partial charge in [0.05, 0.1) is 19.3 Å². The molecule has 1 aromatic carbocycles. The minimum atomic E-state index is -0.488. The van der Waals surface area contributed by atoms with E-state index in [1.54, 1.807) is 0 Å². The highest BCUT2D eigenvalue weighted by Gasteiger charge is 2.20. The van der Waals surface area contributed by atoms with Gasteiger partial charge in [-0.3, -0.25) is 0 Å². The standard InChI is InChI=1S/C13H17ClO3/c1-9-2-3-10(12(14)6-9)7-11(15)8-13-16-4-5-17-13/h2-3,6,11,13,15H,4-5,7-8H2,1H3. The van der Waals surface area contributed by atoms with Gasteiger partial charge in [-0.15, -0.1) is 0 Å². The maximum atomic E-state index is 9.94. The molecule has 3 nitrogen and oxygen atoms in total. The lowest BCUT2D eigenvalue weighted by Crippen LogP contribution is -2.20. The van der Waals surface area contributed by atoms with E-state index in [0.29, 0.717) is 31.1 Å². The molecule has 1 unspecified atom stereocenters. The number of benzene rings is 1. The third-order valence-electron chi connectivity index (χ3n) is 2.82. The Balaban J connectivity index is 1.90. The highest BCUT2D eigenvalue weighted by Crippen LogP contribution is 2.21. The molecule has 4 heteroatoms. The lowest BCUT2D eigenvalue weighted by molar-refractivity contribution is -0.0698. The van der Waals surface area contributed by atoms with Gasteiger partial charge in [0.1, 0.15) is 0 Å². The van der Waals surface area contributed by atoms with Gasteiger partial charge in [0.15, 0.2) is 6.29 Å². The van der Waals surface area contributed by atoms with E-state index in [0.717, 1.165) is 11.1 Å². The van der Waals surface area contributed by atoms with Crippen LogP contribution in [-0.2, 0) is 15.9 Å². The molecule has 1 heterocycles. The molecule has 1 N–H and O–H groups in total. The maximum Gasteiger partial charge on any atom is 0.160 e. The first kappa shape index (κ1) is 12.8. The Morgan fingerprint density at radius 1 is 1.41 bits per heavy atom. The maximum absolute atomic E-state index is 9.94. The summed E-state index contributed by atoms with van der Waals surface area (Å²) in [5.74, 6) is 0. The summed E-state index contributed by atoms with van der Waals surface area (Å²) in [6.45, 7) is 3.22. The number of aliphatic hydroxyl groups is 1. The summed E-state index contributed by atoms with van der Waals surface area (Å²) in [5.41, 5.74) is 2.08. The van der Waals surface area contributed by atoms with Gasteiger partial charge >= 0.3 is 0 Å². The molecular formula is C13H17ClO3. The van der Waals surface area contributed by atoms with Crippen LogP contribution in [0.5, 0.6) is 0 Å². The average molecular weight is 257 g/mol. The third kappa shape index (κ3) is 3.68. The molecule has 2 rings (SSSR count). The Labute approximate surface area is 106 Å². The monoisotopic (exact) mass is 256 g/mol. The molecule has 0 radical (unpaired) electrons. The molecule has 0 amide bonds. The van der Waals surface area contributed by atoms with E-state index in [9.17, 15) is 5.11 Å². The van der Waals surface area contributed by atoms with Crippen molar-refractivity contribution in [2.45, 2.75) is 32.2 Å². The minimum Gasteiger partial charge on any atom is -0.393 e. The number of aryl methyl sites for hydroxylation is 1. The Hall–Kier alpha value is -0.610. The molecule has 1 atom stereocenters.